The minimum absolute atomic E-state index is 0.581. The second-order valence-electron chi connectivity index (χ2n) is 11.1. The fourth-order valence-corrected chi connectivity index (χ4v) is 6.52. The molecule has 0 saturated carbocycles. The first-order valence-electron chi connectivity index (χ1n) is 15.0. The normalized spacial score (nSPS) is 14.6. The molecule has 202 valence electrons. The summed E-state index contributed by atoms with van der Waals surface area (Å²) in [5.74, 6) is 0. The molecule has 0 heterocycles. The van der Waals surface area contributed by atoms with E-state index in [-0.39, 0.29) is 0 Å². The number of quaternary nitrogens is 1. The molecule has 0 aliphatic heterocycles. The van der Waals surface area contributed by atoms with Crippen LogP contribution in [0.2, 0.25) is 0 Å². The van der Waals surface area contributed by atoms with Crippen molar-refractivity contribution >= 4 is 8.03 Å². The first-order valence-corrected chi connectivity index (χ1v) is 16.2. The lowest BCUT2D eigenvalue weighted by molar-refractivity contribution is -0.927. The van der Waals surface area contributed by atoms with Crippen molar-refractivity contribution in [2.45, 2.75) is 161 Å². The van der Waals surface area contributed by atoms with Gasteiger partial charge in [-0.2, -0.15) is 0 Å². The Labute approximate surface area is 215 Å². The summed E-state index contributed by atoms with van der Waals surface area (Å²) in [5.41, 5.74) is 0. The van der Waals surface area contributed by atoms with Gasteiger partial charge in [0.25, 0.3) is 5.28 Å². The summed E-state index contributed by atoms with van der Waals surface area (Å²) in [5, 5.41) is -0.581. The molecule has 0 amide bonds. The lowest BCUT2D eigenvalue weighted by atomic mass is 9.98. The Morgan fingerprint density at radius 1 is 0.618 bits per heavy atom. The van der Waals surface area contributed by atoms with Gasteiger partial charge in [0.2, 0.25) is 0 Å². The zero-order valence-corrected chi connectivity index (χ0v) is 24.8. The van der Waals surface area contributed by atoms with Gasteiger partial charge in [-0.3, -0.25) is 4.48 Å². The van der Waals surface area contributed by atoms with Gasteiger partial charge in [-0.05, 0) is 45.4 Å². The molecule has 0 rings (SSSR count). The Morgan fingerprint density at radius 2 is 1.03 bits per heavy atom. The largest absolute Gasteiger partial charge is 0.590 e. The highest BCUT2D eigenvalue weighted by atomic mass is 31.1. The highest BCUT2D eigenvalue weighted by Gasteiger charge is 2.54. The average molecular weight is 499 g/mol. The first-order chi connectivity index (χ1) is 16.4. The Kier molecular flexibility index (Phi) is 21.8. The molecule has 0 fully saturated rings. The molecule has 34 heavy (non-hydrogen) atoms. The van der Waals surface area contributed by atoms with Crippen molar-refractivity contribution in [3.05, 3.63) is 12.2 Å². The highest BCUT2D eigenvalue weighted by molar-refractivity contribution is 7.38. The van der Waals surface area contributed by atoms with Crippen molar-refractivity contribution in [2.24, 2.45) is 0 Å². The molecule has 0 spiro atoms. The number of nitrogens with zero attached hydrogens (tertiary/aromatic N) is 1. The summed E-state index contributed by atoms with van der Waals surface area (Å²) in [7, 11) is 1.76. The van der Waals surface area contributed by atoms with Crippen molar-refractivity contribution in [3.63, 3.8) is 0 Å². The third-order valence-electron chi connectivity index (χ3n) is 8.00. The molecule has 3 nitrogen and oxygen atoms in total. The molecule has 0 aliphatic rings. The fourth-order valence-electron chi connectivity index (χ4n) is 5.19. The van der Waals surface area contributed by atoms with Crippen molar-refractivity contribution in [1.82, 2.24) is 0 Å². The van der Waals surface area contributed by atoms with E-state index in [1.54, 1.807) is 0 Å². The van der Waals surface area contributed by atoms with Gasteiger partial charge >= 0.3 is 8.03 Å². The van der Waals surface area contributed by atoms with Crippen LogP contribution >= 0.6 is 8.03 Å². The maximum atomic E-state index is 12.3. The molecule has 0 aromatic heterocycles. The molecular weight excluding hydrogens is 437 g/mol. The Hall–Kier alpha value is -0.240. The fraction of sp³-hybridized carbons (Fsp3) is 0.933. The van der Waals surface area contributed by atoms with Crippen molar-refractivity contribution in [1.29, 1.82) is 0 Å². The van der Waals surface area contributed by atoms with Gasteiger partial charge in [0.05, 0.1) is 20.6 Å². The van der Waals surface area contributed by atoms with Crippen molar-refractivity contribution in [2.75, 3.05) is 20.6 Å². The van der Waals surface area contributed by atoms with Crippen LogP contribution in [0.15, 0.2) is 12.2 Å². The van der Waals surface area contributed by atoms with E-state index in [0.717, 1.165) is 32.2 Å². The number of allylic oxidation sites excluding steroid dienone is 2. The van der Waals surface area contributed by atoms with Crippen LogP contribution in [0.5, 0.6) is 0 Å². The predicted molar refractivity (Wildman–Crippen MR) is 150 cm³/mol. The maximum absolute atomic E-state index is 12.3. The minimum atomic E-state index is -2.43. The molecule has 0 radical (unpaired) electrons. The zero-order valence-electron chi connectivity index (χ0n) is 23.9. The van der Waals surface area contributed by atoms with E-state index in [0.29, 0.717) is 4.48 Å². The van der Waals surface area contributed by atoms with Gasteiger partial charge in [-0.1, -0.05) is 114 Å². The summed E-state index contributed by atoms with van der Waals surface area (Å²) >= 11 is 0. The summed E-state index contributed by atoms with van der Waals surface area (Å²) in [6.07, 6.45) is 31.2. The van der Waals surface area contributed by atoms with Crippen LogP contribution in [0.25, 0.3) is 0 Å². The molecule has 0 aromatic carbocycles. The first kappa shape index (κ1) is 33.8. The molecule has 0 N–H and O–H groups in total. The van der Waals surface area contributed by atoms with Crippen LogP contribution in [0.1, 0.15) is 156 Å². The van der Waals surface area contributed by atoms with Crippen LogP contribution in [-0.4, -0.2) is 30.4 Å². The van der Waals surface area contributed by atoms with E-state index >= 15 is 0 Å². The smallest absolute Gasteiger partial charge is 0.376 e. The lowest BCUT2D eigenvalue weighted by Crippen LogP contribution is -2.58. The van der Waals surface area contributed by atoms with Crippen molar-refractivity contribution in [3.8, 4) is 0 Å². The van der Waals surface area contributed by atoms with Crippen LogP contribution in [-0.2, 0) is 4.57 Å². The topological polar surface area (TPSA) is 40.1 Å². The van der Waals surface area contributed by atoms with Crippen molar-refractivity contribution < 1.29 is 13.9 Å². The monoisotopic (exact) mass is 498 g/mol. The third kappa shape index (κ3) is 15.0. The second kappa shape index (κ2) is 22.0. The van der Waals surface area contributed by atoms with E-state index < -0.39 is 13.3 Å². The molecule has 0 aromatic rings. The third-order valence-corrected chi connectivity index (χ3v) is 9.66. The van der Waals surface area contributed by atoms with Gasteiger partial charge in [-0.25, -0.2) is 0 Å². The summed E-state index contributed by atoms with van der Waals surface area (Å²) in [4.78, 5) is 12.3. The predicted octanol–water partition coefficient (Wildman–Crippen LogP) is 9.67. The van der Waals surface area contributed by atoms with Gasteiger partial charge < -0.3 is 4.89 Å². The lowest BCUT2D eigenvalue weighted by Gasteiger charge is -2.42. The van der Waals surface area contributed by atoms with Gasteiger partial charge in [0.1, 0.15) is 0 Å². The van der Waals surface area contributed by atoms with Crippen LogP contribution in [0.3, 0.4) is 0 Å². The minimum Gasteiger partial charge on any atom is -0.590 e. The van der Waals surface area contributed by atoms with Crippen LogP contribution in [0.4, 0.5) is 0 Å². The second-order valence-corrected chi connectivity index (χ2v) is 12.4. The standard InChI is InChI=1S/C30H61NO2P/c1-6-9-10-11-12-13-14-15-16-17-18-19-20-21-22-23-24-25-26-27-29-30(28-7-2,34(32)33)31(4,5)8-3/h15-16H,6-14,17-29H2,1-5H3/q+1. The molecule has 0 saturated heterocycles. The SMILES string of the molecule is CCCCCCCCC=CCCCCCCCCCCCCC(CCC)([P+](=O)[O-])[N+](C)(C)CC. The molecule has 4 heteroatoms. The molecule has 2 unspecified atom stereocenters. The van der Waals surface area contributed by atoms with Crippen LogP contribution in [0, 0.1) is 0 Å². The van der Waals surface area contributed by atoms with Crippen LogP contribution < -0.4 is 4.89 Å². The molecule has 0 aliphatic carbocycles. The average Bonchev–Trinajstić information content (AvgIpc) is 2.81. The summed E-state index contributed by atoms with van der Waals surface area (Å²) in [6, 6.07) is 0. The van der Waals surface area contributed by atoms with E-state index in [1.165, 1.54) is 109 Å². The van der Waals surface area contributed by atoms with E-state index in [9.17, 15) is 9.46 Å². The number of rotatable bonds is 25. The highest BCUT2D eigenvalue weighted by Crippen LogP contribution is 2.46. The number of hydrogen-bond acceptors (Lipinski definition) is 2. The number of unbranched alkanes of at least 4 members (excludes halogenated alkanes) is 16. The Balaban J connectivity index is 3.68. The van der Waals surface area contributed by atoms with E-state index in [4.69, 9.17) is 0 Å². The number of hydrogen-bond donors (Lipinski definition) is 0. The summed E-state index contributed by atoms with van der Waals surface area (Å²) in [6.45, 7) is 7.36. The quantitative estimate of drug-likeness (QED) is 0.0544. The maximum Gasteiger partial charge on any atom is 0.376 e. The van der Waals surface area contributed by atoms with E-state index in [2.05, 4.69) is 47.0 Å². The summed E-state index contributed by atoms with van der Waals surface area (Å²) < 4.78 is 12.9. The molecule has 0 bridgehead atoms. The van der Waals surface area contributed by atoms with Gasteiger partial charge in [0.15, 0.2) is 0 Å². The van der Waals surface area contributed by atoms with Gasteiger partial charge in [-0.15, -0.1) is 0 Å². The van der Waals surface area contributed by atoms with E-state index in [1.807, 2.05) is 0 Å². The van der Waals surface area contributed by atoms with Gasteiger partial charge in [0, 0.05) is 12.8 Å². The Morgan fingerprint density at radius 3 is 1.41 bits per heavy atom. The molecule has 2 atom stereocenters. The zero-order chi connectivity index (χ0) is 25.5. The Bertz CT molecular complexity index is 506. The molecular formula is C30H61NO2P+.